The van der Waals surface area contributed by atoms with E-state index < -0.39 is 21.8 Å². The number of nitrogens with two attached hydrogens (primary N) is 1. The normalized spacial score (nSPS) is 15.6. The molecular weight excluding hydrogens is 463 g/mol. The van der Waals surface area contributed by atoms with Crippen molar-refractivity contribution in [3.63, 3.8) is 0 Å². The lowest BCUT2D eigenvalue weighted by Gasteiger charge is -2.15. The Morgan fingerprint density at radius 1 is 0.935 bits per heavy atom. The molecule has 0 atom stereocenters. The fourth-order valence-corrected chi connectivity index (χ4v) is 4.13. The van der Waals surface area contributed by atoms with E-state index in [0.717, 1.165) is 5.01 Å². The molecule has 158 valence electrons. The van der Waals surface area contributed by atoms with Gasteiger partial charge in [-0.1, -0.05) is 23.2 Å². The Balaban J connectivity index is 1.68. The Morgan fingerprint density at radius 3 is 2.19 bits per heavy atom. The van der Waals surface area contributed by atoms with E-state index in [4.69, 9.17) is 28.3 Å². The standard InChI is InChI=1S/C20H14Cl2N4O4S/c21-12-8-13(22)10-16(9-12)26-20(28)18(19(27)24-26)11-15-2-1-7-25(15)14-3-5-17(6-4-14)31(23,29)30/h1-11H,(H,24,27)(H2,23,29,30)/b18-11+. The number of nitrogens with zero attached hydrogens (tertiary/aromatic N) is 2. The van der Waals surface area contributed by atoms with Crippen LogP contribution in [-0.2, 0) is 19.6 Å². The van der Waals surface area contributed by atoms with Crippen LogP contribution in [0.4, 0.5) is 5.69 Å². The van der Waals surface area contributed by atoms with E-state index in [1.54, 1.807) is 35.0 Å². The van der Waals surface area contributed by atoms with Gasteiger partial charge in [-0.15, -0.1) is 0 Å². The molecule has 2 amide bonds. The number of carbonyl (C=O) groups is 2. The number of benzene rings is 2. The summed E-state index contributed by atoms with van der Waals surface area (Å²) in [5.41, 5.74) is 3.88. The summed E-state index contributed by atoms with van der Waals surface area (Å²) in [6.07, 6.45) is 3.15. The second kappa shape index (κ2) is 7.86. The van der Waals surface area contributed by atoms with Crippen molar-refractivity contribution in [2.75, 3.05) is 5.01 Å². The summed E-state index contributed by atoms with van der Waals surface area (Å²) < 4.78 is 24.6. The van der Waals surface area contributed by atoms with Gasteiger partial charge in [0.15, 0.2) is 0 Å². The summed E-state index contributed by atoms with van der Waals surface area (Å²) in [4.78, 5) is 25.3. The highest BCUT2D eigenvalue weighted by atomic mass is 35.5. The fourth-order valence-electron chi connectivity index (χ4n) is 3.10. The molecule has 1 aliphatic rings. The summed E-state index contributed by atoms with van der Waals surface area (Å²) in [5, 5.41) is 6.83. The van der Waals surface area contributed by atoms with E-state index in [1.807, 2.05) is 0 Å². The highest BCUT2D eigenvalue weighted by molar-refractivity contribution is 7.89. The van der Waals surface area contributed by atoms with Gasteiger partial charge in [0.25, 0.3) is 11.8 Å². The van der Waals surface area contributed by atoms with Gasteiger partial charge >= 0.3 is 0 Å². The van der Waals surface area contributed by atoms with Crippen LogP contribution in [-0.4, -0.2) is 24.8 Å². The molecule has 1 saturated heterocycles. The first-order valence-electron chi connectivity index (χ1n) is 8.77. The lowest BCUT2D eigenvalue weighted by atomic mass is 10.2. The zero-order chi connectivity index (χ0) is 22.3. The van der Waals surface area contributed by atoms with Crippen LogP contribution in [0.15, 0.2) is 71.3 Å². The van der Waals surface area contributed by atoms with E-state index in [-0.39, 0.29) is 10.5 Å². The van der Waals surface area contributed by atoms with Crippen molar-refractivity contribution in [1.82, 2.24) is 9.99 Å². The van der Waals surface area contributed by atoms with Crippen LogP contribution in [0.25, 0.3) is 11.8 Å². The number of hydrogen-bond acceptors (Lipinski definition) is 4. The minimum absolute atomic E-state index is 0.0236. The predicted molar refractivity (Wildman–Crippen MR) is 117 cm³/mol. The van der Waals surface area contributed by atoms with Gasteiger partial charge in [0.2, 0.25) is 10.0 Å². The van der Waals surface area contributed by atoms with E-state index >= 15 is 0 Å². The van der Waals surface area contributed by atoms with Gasteiger partial charge < -0.3 is 4.57 Å². The molecule has 0 aliphatic carbocycles. The Bertz CT molecular complexity index is 1330. The van der Waals surface area contributed by atoms with Crippen molar-refractivity contribution >= 4 is 56.8 Å². The van der Waals surface area contributed by atoms with Gasteiger partial charge in [0.1, 0.15) is 5.57 Å². The van der Waals surface area contributed by atoms with Crippen LogP contribution >= 0.6 is 23.2 Å². The number of amides is 2. The van der Waals surface area contributed by atoms with Gasteiger partial charge in [0, 0.05) is 27.6 Å². The van der Waals surface area contributed by atoms with E-state index in [2.05, 4.69) is 5.43 Å². The number of aromatic nitrogens is 1. The third kappa shape index (κ3) is 4.21. The fraction of sp³-hybridized carbons (Fsp3) is 0. The lowest BCUT2D eigenvalue weighted by molar-refractivity contribution is -0.117. The van der Waals surface area contributed by atoms with Gasteiger partial charge in [-0.2, -0.15) is 0 Å². The second-order valence-electron chi connectivity index (χ2n) is 6.61. The number of anilines is 1. The SMILES string of the molecule is NS(=O)(=O)c1ccc(-n2cccc2/C=C2\C(=O)NN(c3cc(Cl)cc(Cl)c3)C2=O)cc1. The summed E-state index contributed by atoms with van der Waals surface area (Å²) in [6.45, 7) is 0. The predicted octanol–water partition coefficient (Wildman–Crippen LogP) is 2.89. The van der Waals surface area contributed by atoms with Crippen LogP contribution < -0.4 is 15.6 Å². The summed E-state index contributed by atoms with van der Waals surface area (Å²) in [7, 11) is -3.81. The van der Waals surface area contributed by atoms with Crippen LogP contribution in [0.3, 0.4) is 0 Å². The van der Waals surface area contributed by atoms with Crippen molar-refractivity contribution in [3.8, 4) is 5.69 Å². The number of sulfonamides is 1. The van der Waals surface area contributed by atoms with Gasteiger partial charge in [-0.25, -0.2) is 18.6 Å². The molecule has 2 heterocycles. The molecule has 4 rings (SSSR count). The van der Waals surface area contributed by atoms with Gasteiger partial charge in [0.05, 0.1) is 10.6 Å². The van der Waals surface area contributed by atoms with Gasteiger partial charge in [-0.3, -0.25) is 15.0 Å². The number of halogens is 2. The Hall–Kier alpha value is -3.11. The first-order valence-corrected chi connectivity index (χ1v) is 11.1. The molecule has 31 heavy (non-hydrogen) atoms. The number of nitrogens with one attached hydrogen (secondary N) is 1. The molecule has 1 aliphatic heterocycles. The Kier molecular flexibility index (Phi) is 5.36. The quantitative estimate of drug-likeness (QED) is 0.444. The minimum atomic E-state index is -3.81. The summed E-state index contributed by atoms with van der Waals surface area (Å²) in [5.74, 6) is -1.15. The number of hydrazine groups is 1. The molecule has 3 N–H and O–H groups in total. The number of carbonyl (C=O) groups excluding carboxylic acids is 2. The smallest absolute Gasteiger partial charge is 0.282 e. The van der Waals surface area contributed by atoms with Crippen molar-refractivity contribution in [2.24, 2.45) is 5.14 Å². The van der Waals surface area contributed by atoms with Crippen LogP contribution in [0, 0.1) is 0 Å². The largest absolute Gasteiger partial charge is 0.317 e. The maximum Gasteiger partial charge on any atom is 0.282 e. The monoisotopic (exact) mass is 476 g/mol. The van der Waals surface area contributed by atoms with Gasteiger partial charge in [-0.05, 0) is 60.7 Å². The molecule has 0 spiro atoms. The maximum absolute atomic E-state index is 12.9. The van der Waals surface area contributed by atoms with E-state index in [1.165, 1.54) is 36.4 Å². The maximum atomic E-state index is 12.9. The molecular formula is C20H14Cl2N4O4S. The summed E-state index contributed by atoms with van der Waals surface area (Å²) in [6, 6.07) is 13.8. The molecule has 0 saturated carbocycles. The first-order chi connectivity index (χ1) is 14.6. The Labute approximate surface area is 187 Å². The first kappa shape index (κ1) is 21.1. The van der Waals surface area contributed by atoms with Crippen LogP contribution in [0.2, 0.25) is 10.0 Å². The number of primary sulfonamides is 1. The zero-order valence-electron chi connectivity index (χ0n) is 15.6. The molecule has 11 heteroatoms. The third-order valence-electron chi connectivity index (χ3n) is 4.51. The van der Waals surface area contributed by atoms with Crippen LogP contribution in [0.1, 0.15) is 5.69 Å². The van der Waals surface area contributed by atoms with Crippen molar-refractivity contribution in [1.29, 1.82) is 0 Å². The molecule has 1 aromatic heterocycles. The van der Waals surface area contributed by atoms with Crippen molar-refractivity contribution in [2.45, 2.75) is 4.90 Å². The average molecular weight is 477 g/mol. The highest BCUT2D eigenvalue weighted by Gasteiger charge is 2.35. The molecule has 1 fully saturated rings. The molecule has 2 aromatic carbocycles. The van der Waals surface area contributed by atoms with E-state index in [9.17, 15) is 18.0 Å². The van der Waals surface area contributed by atoms with Crippen molar-refractivity contribution < 1.29 is 18.0 Å². The highest BCUT2D eigenvalue weighted by Crippen LogP contribution is 2.28. The average Bonchev–Trinajstić information content (AvgIpc) is 3.27. The topological polar surface area (TPSA) is 114 Å². The number of hydrogen-bond donors (Lipinski definition) is 2. The number of rotatable bonds is 4. The molecule has 0 bridgehead atoms. The molecule has 0 radical (unpaired) electrons. The summed E-state index contributed by atoms with van der Waals surface area (Å²) >= 11 is 12.0. The minimum Gasteiger partial charge on any atom is -0.317 e. The third-order valence-corrected chi connectivity index (χ3v) is 5.88. The molecule has 0 unspecified atom stereocenters. The zero-order valence-corrected chi connectivity index (χ0v) is 17.9. The van der Waals surface area contributed by atoms with Crippen LogP contribution in [0.5, 0.6) is 0 Å². The molecule has 3 aromatic rings. The second-order valence-corrected chi connectivity index (χ2v) is 9.04. The Morgan fingerprint density at radius 2 is 1.58 bits per heavy atom. The lowest BCUT2D eigenvalue weighted by Crippen LogP contribution is -2.35. The van der Waals surface area contributed by atoms with Crippen molar-refractivity contribution in [3.05, 3.63) is 82.1 Å². The molecule has 8 nitrogen and oxygen atoms in total. The van der Waals surface area contributed by atoms with E-state index in [0.29, 0.717) is 27.1 Å².